The second-order valence-electron chi connectivity index (χ2n) is 9.75. The van der Waals surface area contributed by atoms with E-state index < -0.39 is 0 Å². The zero-order valence-corrected chi connectivity index (χ0v) is 21.0. The normalized spacial score (nSPS) is 17.5. The van der Waals surface area contributed by atoms with Crippen LogP contribution in [0.15, 0.2) is 48.5 Å². The predicted octanol–water partition coefficient (Wildman–Crippen LogP) is 4.74. The maximum Gasteiger partial charge on any atom is 0.229 e. The molecule has 1 aromatic heterocycles. The highest BCUT2D eigenvalue weighted by Gasteiger charge is 2.35. The molecule has 0 spiro atoms. The molecule has 3 heterocycles. The molecule has 186 valence electrons. The van der Waals surface area contributed by atoms with E-state index in [1.807, 2.05) is 69.3 Å². The molecule has 2 N–H and O–H groups in total. The number of rotatable bonds is 6. The average Bonchev–Trinajstić information content (AvgIpc) is 3.52. The van der Waals surface area contributed by atoms with Crippen LogP contribution in [0.1, 0.15) is 36.1 Å². The SMILES string of the molecule is Cc1cc(Nc2ccc(NC(=O)C3CC(=O)N(c4ccc(C)c(C)c4)C3)cc2)nc(N2CCCC2)n1. The van der Waals surface area contributed by atoms with Crippen molar-refractivity contribution in [1.29, 1.82) is 0 Å². The molecule has 0 aliphatic carbocycles. The van der Waals surface area contributed by atoms with Gasteiger partial charge in [0, 0.05) is 54.9 Å². The maximum atomic E-state index is 12.9. The molecule has 2 aliphatic heterocycles. The summed E-state index contributed by atoms with van der Waals surface area (Å²) in [5.41, 5.74) is 5.64. The minimum absolute atomic E-state index is 0.0219. The minimum atomic E-state index is -0.384. The van der Waals surface area contributed by atoms with Crippen molar-refractivity contribution in [2.75, 3.05) is 40.1 Å². The third-order valence-corrected chi connectivity index (χ3v) is 6.95. The van der Waals surface area contributed by atoms with Gasteiger partial charge in [-0.05, 0) is 81.1 Å². The monoisotopic (exact) mass is 484 g/mol. The topological polar surface area (TPSA) is 90.5 Å². The summed E-state index contributed by atoms with van der Waals surface area (Å²) in [6.45, 7) is 8.42. The predicted molar refractivity (Wildman–Crippen MR) is 143 cm³/mol. The Morgan fingerprint density at radius 1 is 0.917 bits per heavy atom. The number of hydrogen-bond acceptors (Lipinski definition) is 6. The van der Waals surface area contributed by atoms with Crippen LogP contribution in [0.3, 0.4) is 0 Å². The first-order valence-electron chi connectivity index (χ1n) is 12.5. The van der Waals surface area contributed by atoms with Crippen molar-refractivity contribution in [1.82, 2.24) is 9.97 Å². The van der Waals surface area contributed by atoms with Crippen molar-refractivity contribution >= 4 is 40.6 Å². The number of carbonyl (C=O) groups excluding carboxylic acids is 2. The lowest BCUT2D eigenvalue weighted by Crippen LogP contribution is -2.28. The number of nitrogens with zero attached hydrogens (tertiary/aromatic N) is 4. The minimum Gasteiger partial charge on any atom is -0.341 e. The number of aromatic nitrogens is 2. The third kappa shape index (κ3) is 5.17. The molecule has 2 aliphatic rings. The van der Waals surface area contributed by atoms with E-state index in [0.717, 1.165) is 47.5 Å². The first-order chi connectivity index (χ1) is 17.4. The number of carbonyl (C=O) groups is 2. The summed E-state index contributed by atoms with van der Waals surface area (Å²) in [6, 6.07) is 15.4. The van der Waals surface area contributed by atoms with Gasteiger partial charge in [-0.3, -0.25) is 9.59 Å². The molecule has 1 atom stereocenters. The molecule has 3 aromatic rings. The number of anilines is 5. The molecule has 2 saturated heterocycles. The van der Waals surface area contributed by atoms with Crippen molar-refractivity contribution in [2.24, 2.45) is 5.92 Å². The van der Waals surface area contributed by atoms with E-state index in [1.165, 1.54) is 18.4 Å². The van der Waals surface area contributed by atoms with Gasteiger partial charge in [0.2, 0.25) is 17.8 Å². The van der Waals surface area contributed by atoms with Gasteiger partial charge in [0.15, 0.2) is 0 Å². The molecule has 2 amide bonds. The fraction of sp³-hybridized carbons (Fsp3) is 0.357. The van der Waals surface area contributed by atoms with Crippen LogP contribution in [-0.2, 0) is 9.59 Å². The third-order valence-electron chi connectivity index (χ3n) is 6.95. The highest BCUT2D eigenvalue weighted by atomic mass is 16.2. The van der Waals surface area contributed by atoms with Crippen LogP contribution in [0, 0.1) is 26.7 Å². The summed E-state index contributed by atoms with van der Waals surface area (Å²) in [4.78, 5) is 38.7. The van der Waals surface area contributed by atoms with Gasteiger partial charge in [-0.15, -0.1) is 0 Å². The first-order valence-corrected chi connectivity index (χ1v) is 12.5. The Bertz CT molecular complexity index is 1280. The van der Waals surface area contributed by atoms with Gasteiger partial charge in [0.05, 0.1) is 5.92 Å². The Balaban J connectivity index is 1.20. The molecular weight excluding hydrogens is 452 g/mol. The number of nitrogens with one attached hydrogen (secondary N) is 2. The van der Waals surface area contributed by atoms with Crippen molar-refractivity contribution in [3.05, 3.63) is 65.4 Å². The summed E-state index contributed by atoms with van der Waals surface area (Å²) < 4.78 is 0. The molecule has 1 unspecified atom stereocenters. The zero-order chi connectivity index (χ0) is 25.2. The number of aryl methyl sites for hydroxylation is 3. The summed E-state index contributed by atoms with van der Waals surface area (Å²) in [6.07, 6.45) is 2.56. The summed E-state index contributed by atoms with van der Waals surface area (Å²) >= 11 is 0. The second-order valence-corrected chi connectivity index (χ2v) is 9.75. The smallest absolute Gasteiger partial charge is 0.229 e. The molecule has 8 heteroatoms. The largest absolute Gasteiger partial charge is 0.341 e. The fourth-order valence-electron chi connectivity index (χ4n) is 4.73. The van der Waals surface area contributed by atoms with Gasteiger partial charge in [0.1, 0.15) is 5.82 Å². The Morgan fingerprint density at radius 3 is 2.36 bits per heavy atom. The molecular formula is C28H32N6O2. The van der Waals surface area contributed by atoms with E-state index in [9.17, 15) is 9.59 Å². The summed E-state index contributed by atoms with van der Waals surface area (Å²) in [7, 11) is 0. The summed E-state index contributed by atoms with van der Waals surface area (Å²) in [5.74, 6) is 0.963. The lowest BCUT2D eigenvalue weighted by Gasteiger charge is -2.18. The van der Waals surface area contributed by atoms with E-state index in [1.54, 1.807) is 4.90 Å². The lowest BCUT2D eigenvalue weighted by molar-refractivity contribution is -0.122. The van der Waals surface area contributed by atoms with E-state index in [2.05, 4.69) is 25.5 Å². The van der Waals surface area contributed by atoms with Crippen LogP contribution in [-0.4, -0.2) is 41.4 Å². The fourth-order valence-corrected chi connectivity index (χ4v) is 4.73. The molecule has 5 rings (SSSR count). The van der Waals surface area contributed by atoms with Gasteiger partial charge in [-0.1, -0.05) is 6.07 Å². The Kier molecular flexibility index (Phi) is 6.59. The van der Waals surface area contributed by atoms with Crippen LogP contribution in [0.2, 0.25) is 0 Å². The highest BCUT2D eigenvalue weighted by Crippen LogP contribution is 2.28. The molecule has 2 fully saturated rings. The van der Waals surface area contributed by atoms with Gasteiger partial charge >= 0.3 is 0 Å². The molecule has 8 nitrogen and oxygen atoms in total. The molecule has 36 heavy (non-hydrogen) atoms. The standard InChI is InChI=1S/C28H32N6O2/c1-18-6-11-24(14-19(18)2)34-17-21(16-26(34)35)27(36)31-23-9-7-22(8-10-23)30-25-15-20(3)29-28(32-25)33-12-4-5-13-33/h6-11,14-15,21H,4-5,12-13,16-17H2,1-3H3,(H,31,36)(H,29,30,32). The van der Waals surface area contributed by atoms with Crippen molar-refractivity contribution in [3.63, 3.8) is 0 Å². The average molecular weight is 485 g/mol. The van der Waals surface area contributed by atoms with Gasteiger partial charge < -0.3 is 20.4 Å². The van der Waals surface area contributed by atoms with Gasteiger partial charge in [-0.2, -0.15) is 4.98 Å². The van der Waals surface area contributed by atoms with Crippen molar-refractivity contribution < 1.29 is 9.59 Å². The number of benzene rings is 2. The second kappa shape index (κ2) is 9.97. The zero-order valence-electron chi connectivity index (χ0n) is 21.0. The Hall–Kier alpha value is -3.94. The van der Waals surface area contributed by atoms with Crippen LogP contribution >= 0.6 is 0 Å². The van der Waals surface area contributed by atoms with Crippen LogP contribution in [0.25, 0.3) is 0 Å². The van der Waals surface area contributed by atoms with E-state index >= 15 is 0 Å². The van der Waals surface area contributed by atoms with Crippen molar-refractivity contribution in [2.45, 2.75) is 40.0 Å². The summed E-state index contributed by atoms with van der Waals surface area (Å²) in [5, 5.41) is 6.31. The molecule has 0 saturated carbocycles. The highest BCUT2D eigenvalue weighted by molar-refractivity contribution is 6.03. The van der Waals surface area contributed by atoms with Crippen LogP contribution in [0.4, 0.5) is 28.8 Å². The van der Waals surface area contributed by atoms with Crippen LogP contribution in [0.5, 0.6) is 0 Å². The Morgan fingerprint density at radius 2 is 1.64 bits per heavy atom. The van der Waals surface area contributed by atoms with Gasteiger partial charge in [-0.25, -0.2) is 4.98 Å². The van der Waals surface area contributed by atoms with Crippen LogP contribution < -0.4 is 20.4 Å². The Labute approximate surface area is 211 Å². The maximum absolute atomic E-state index is 12.9. The van der Waals surface area contributed by atoms with E-state index in [-0.39, 0.29) is 24.2 Å². The molecule has 2 aromatic carbocycles. The first kappa shape index (κ1) is 23.8. The number of hydrogen-bond donors (Lipinski definition) is 2. The van der Waals surface area contributed by atoms with E-state index in [0.29, 0.717) is 12.2 Å². The number of amides is 2. The quantitative estimate of drug-likeness (QED) is 0.525. The van der Waals surface area contributed by atoms with Gasteiger partial charge in [0.25, 0.3) is 0 Å². The molecule has 0 bridgehead atoms. The molecule has 0 radical (unpaired) electrons. The van der Waals surface area contributed by atoms with Crippen molar-refractivity contribution in [3.8, 4) is 0 Å². The van der Waals surface area contributed by atoms with E-state index in [4.69, 9.17) is 0 Å². The lowest BCUT2D eigenvalue weighted by atomic mass is 10.1.